The van der Waals surface area contributed by atoms with Crippen molar-refractivity contribution in [2.24, 2.45) is 0 Å². The minimum atomic E-state index is -3.58. The van der Waals surface area contributed by atoms with E-state index in [4.69, 9.17) is 4.74 Å². The van der Waals surface area contributed by atoms with Crippen LogP contribution in [0.5, 0.6) is 0 Å². The van der Waals surface area contributed by atoms with Crippen LogP contribution < -0.4 is 5.32 Å². The van der Waals surface area contributed by atoms with Crippen molar-refractivity contribution in [3.8, 4) is 0 Å². The lowest BCUT2D eigenvalue weighted by Gasteiger charge is -2.35. The number of hydrogen-bond acceptors (Lipinski definition) is 9. The largest absolute Gasteiger partial charge is 0.495 e. The summed E-state index contributed by atoms with van der Waals surface area (Å²) in [5, 5.41) is 4.56. The molecule has 1 atom stereocenters. The Morgan fingerprint density at radius 1 is 1.15 bits per heavy atom. The van der Waals surface area contributed by atoms with Crippen molar-refractivity contribution < 1.29 is 13.2 Å². The van der Waals surface area contributed by atoms with Crippen molar-refractivity contribution in [3.05, 3.63) is 64.8 Å². The van der Waals surface area contributed by atoms with Gasteiger partial charge < -0.3 is 15.0 Å². The molecule has 3 aromatic rings. The molecule has 0 unspecified atom stereocenters. The maximum Gasteiger partial charge on any atom is 0.252 e. The maximum absolute atomic E-state index is 13.4. The van der Waals surface area contributed by atoms with E-state index in [1.807, 2.05) is 40.1 Å². The van der Waals surface area contributed by atoms with Gasteiger partial charge in [0.15, 0.2) is 0 Å². The number of sulfonamides is 1. The number of rotatable bonds is 11. The smallest absolute Gasteiger partial charge is 0.252 e. The lowest BCUT2D eigenvalue weighted by molar-refractivity contribution is 0.184. The van der Waals surface area contributed by atoms with Gasteiger partial charge >= 0.3 is 0 Å². The van der Waals surface area contributed by atoms with E-state index < -0.39 is 10.0 Å². The van der Waals surface area contributed by atoms with Gasteiger partial charge in [-0.3, -0.25) is 4.90 Å². The summed E-state index contributed by atoms with van der Waals surface area (Å²) in [6, 6.07) is 9.80. The molecule has 11 heteroatoms. The summed E-state index contributed by atoms with van der Waals surface area (Å²) in [6.07, 6.45) is 1.61. The van der Waals surface area contributed by atoms with E-state index in [-0.39, 0.29) is 6.04 Å². The Hall–Kier alpha value is -2.83. The summed E-state index contributed by atoms with van der Waals surface area (Å²) >= 11 is 1.24. The third-order valence-corrected chi connectivity index (χ3v) is 10.5. The van der Waals surface area contributed by atoms with Crippen LogP contribution >= 0.6 is 11.3 Å². The van der Waals surface area contributed by atoms with Gasteiger partial charge in [-0.1, -0.05) is 24.3 Å². The van der Waals surface area contributed by atoms with Crippen LogP contribution in [-0.2, 0) is 21.3 Å². The van der Waals surface area contributed by atoms with Crippen LogP contribution in [0.2, 0.25) is 0 Å². The van der Waals surface area contributed by atoms with Gasteiger partial charge in [-0.2, -0.15) is 4.31 Å². The third kappa shape index (κ3) is 6.72. The zero-order chi connectivity index (χ0) is 29.0. The van der Waals surface area contributed by atoms with Crippen LogP contribution in [0.4, 0.5) is 5.82 Å². The number of nitrogens with one attached hydrogen (secondary N) is 1. The van der Waals surface area contributed by atoms with Crippen LogP contribution in [0.3, 0.4) is 0 Å². The molecule has 0 aliphatic carbocycles. The summed E-state index contributed by atoms with van der Waals surface area (Å²) in [5.41, 5.74) is 3.92. The zero-order valence-electron chi connectivity index (χ0n) is 24.3. The first-order valence-corrected chi connectivity index (χ1v) is 15.6. The number of nitrogens with zero attached hydrogens (tertiary/aromatic N) is 5. The van der Waals surface area contributed by atoms with Crippen molar-refractivity contribution in [1.29, 1.82) is 0 Å². The molecule has 3 heterocycles. The number of allylic oxidation sites excluding steroid dienone is 2. The monoisotopic (exact) mass is 584 g/mol. The van der Waals surface area contributed by atoms with Gasteiger partial charge in [0.25, 0.3) is 10.0 Å². The molecule has 0 saturated carbocycles. The molecule has 40 heavy (non-hydrogen) atoms. The van der Waals surface area contributed by atoms with Crippen molar-refractivity contribution >= 4 is 43.8 Å². The lowest BCUT2D eigenvalue weighted by Crippen LogP contribution is -2.50. The molecule has 1 N–H and O–H groups in total. The van der Waals surface area contributed by atoms with Crippen LogP contribution in [0.15, 0.2) is 58.6 Å². The molecule has 4 rings (SSSR count). The molecular weight excluding hydrogens is 544 g/mol. The Morgan fingerprint density at radius 2 is 1.88 bits per heavy atom. The number of thiophene rings is 1. The second-order valence-electron chi connectivity index (χ2n) is 10.6. The molecule has 1 aromatic carbocycles. The Balaban J connectivity index is 1.38. The summed E-state index contributed by atoms with van der Waals surface area (Å²) in [5.74, 6) is 1.48. The van der Waals surface area contributed by atoms with E-state index in [1.54, 1.807) is 23.8 Å². The Bertz CT molecular complexity index is 1490. The highest BCUT2D eigenvalue weighted by molar-refractivity contribution is 7.91. The first kappa shape index (κ1) is 30.1. The number of anilines is 1. The van der Waals surface area contributed by atoms with E-state index in [1.165, 1.54) is 11.3 Å². The van der Waals surface area contributed by atoms with Gasteiger partial charge in [0.1, 0.15) is 22.1 Å². The van der Waals surface area contributed by atoms with Crippen LogP contribution in [0.25, 0.3) is 16.7 Å². The van der Waals surface area contributed by atoms with Gasteiger partial charge in [0.2, 0.25) is 0 Å². The minimum Gasteiger partial charge on any atom is -0.495 e. The maximum atomic E-state index is 13.4. The van der Waals surface area contributed by atoms with E-state index in [9.17, 15) is 8.42 Å². The molecule has 1 aliphatic heterocycles. The third-order valence-electron chi connectivity index (χ3n) is 7.07. The van der Waals surface area contributed by atoms with Gasteiger partial charge in [-0.15, -0.1) is 11.3 Å². The number of ether oxygens (including phenoxy) is 1. The standard InChI is InChI=1S/C29H40N6O3S2/c1-20(2)22(4)28(38-7)25-11-12-26(39-25)40(36,37)35-15-13-34(14-16-35)17-21(3)32-29-24-10-8-9-23(18-33(5)6)27(24)30-19-31-29/h8-12,19,21H,1,13-18H2,2-7H3,(H,30,31,32)/b28-22-/t21-/m0/s1. The molecule has 1 saturated heterocycles. The second-order valence-corrected chi connectivity index (χ2v) is 13.8. The van der Waals surface area contributed by atoms with Gasteiger partial charge in [0, 0.05) is 50.7 Å². The van der Waals surface area contributed by atoms with Crippen molar-refractivity contribution in [3.63, 3.8) is 0 Å². The first-order valence-electron chi connectivity index (χ1n) is 13.4. The number of methoxy groups -OCH3 is 1. The highest BCUT2D eigenvalue weighted by atomic mass is 32.2. The van der Waals surface area contributed by atoms with Crippen LogP contribution in [0.1, 0.15) is 31.2 Å². The Labute approximate surface area is 242 Å². The minimum absolute atomic E-state index is 0.120. The number of fused-ring (bicyclic) bond motifs is 1. The Kier molecular flexibility index (Phi) is 9.63. The van der Waals surface area contributed by atoms with E-state index in [2.05, 4.69) is 50.7 Å². The Morgan fingerprint density at radius 3 is 2.52 bits per heavy atom. The zero-order valence-corrected chi connectivity index (χ0v) is 25.9. The molecule has 0 bridgehead atoms. The van der Waals surface area contributed by atoms with Crippen molar-refractivity contribution in [1.82, 2.24) is 24.1 Å². The molecule has 0 amide bonds. The van der Waals surface area contributed by atoms with E-state index >= 15 is 0 Å². The van der Waals surface area contributed by atoms with Crippen LogP contribution in [-0.4, -0.2) is 92.5 Å². The fraction of sp³-hybridized carbons (Fsp3) is 0.448. The predicted molar refractivity (Wildman–Crippen MR) is 164 cm³/mol. The van der Waals surface area contributed by atoms with E-state index in [0.717, 1.165) is 51.4 Å². The van der Waals surface area contributed by atoms with Crippen molar-refractivity contribution in [2.45, 2.75) is 37.6 Å². The average molecular weight is 585 g/mol. The fourth-order valence-electron chi connectivity index (χ4n) is 4.89. The van der Waals surface area contributed by atoms with Gasteiger partial charge in [-0.05, 0) is 64.2 Å². The number of hydrogen-bond donors (Lipinski definition) is 1. The molecule has 1 aliphatic rings. The number of piperazine rings is 1. The average Bonchev–Trinajstić information content (AvgIpc) is 3.40. The van der Waals surface area contributed by atoms with Gasteiger partial charge in [-0.25, -0.2) is 18.4 Å². The van der Waals surface area contributed by atoms with Gasteiger partial charge in [0.05, 0.1) is 17.5 Å². The predicted octanol–water partition coefficient (Wildman–Crippen LogP) is 4.51. The molecule has 2 aromatic heterocycles. The highest BCUT2D eigenvalue weighted by Gasteiger charge is 2.30. The summed E-state index contributed by atoms with van der Waals surface area (Å²) in [4.78, 5) is 14.3. The van der Waals surface area contributed by atoms with Crippen LogP contribution in [0, 0.1) is 0 Å². The molecule has 0 spiro atoms. The SMILES string of the molecule is C=C(C)/C(C)=C(\OC)c1ccc(S(=O)(=O)N2CCN(C[C@H](C)Nc3ncnc4c(CN(C)C)cccc34)CC2)s1. The van der Waals surface area contributed by atoms with E-state index in [0.29, 0.717) is 36.1 Å². The highest BCUT2D eigenvalue weighted by Crippen LogP contribution is 2.33. The normalized spacial score (nSPS) is 16.7. The van der Waals surface area contributed by atoms with Crippen molar-refractivity contribution in [2.75, 3.05) is 59.2 Å². The number of aromatic nitrogens is 2. The molecule has 216 valence electrons. The number of para-hydroxylation sites is 1. The number of benzene rings is 1. The summed E-state index contributed by atoms with van der Waals surface area (Å²) < 4.78 is 34.3. The fourth-order valence-corrected chi connectivity index (χ4v) is 7.85. The quantitative estimate of drug-likeness (QED) is 0.260. The lowest BCUT2D eigenvalue weighted by atomic mass is 10.1. The first-order chi connectivity index (χ1) is 19.0. The molecule has 1 fully saturated rings. The topological polar surface area (TPSA) is 90.9 Å². The molecule has 0 radical (unpaired) electrons. The summed E-state index contributed by atoms with van der Waals surface area (Å²) in [6.45, 7) is 13.8. The molecule has 9 nitrogen and oxygen atoms in total. The second kappa shape index (κ2) is 12.8. The summed E-state index contributed by atoms with van der Waals surface area (Å²) in [7, 11) is 2.11. The molecular formula is C29H40N6O3S2.